The van der Waals surface area contributed by atoms with Gasteiger partial charge in [0, 0.05) is 16.6 Å². The number of carbonyl (C=O) groups is 1. The van der Waals surface area contributed by atoms with Gasteiger partial charge in [-0.05, 0) is 53.0 Å². The molecule has 1 aliphatic rings. The molecular formula is C17H16BrNO6S. The van der Waals surface area contributed by atoms with Crippen LogP contribution in [0.4, 0.5) is 5.69 Å². The highest BCUT2D eigenvalue weighted by Crippen LogP contribution is 2.39. The number of benzene rings is 2. The summed E-state index contributed by atoms with van der Waals surface area (Å²) >= 11 is 3.31. The zero-order valence-electron chi connectivity index (χ0n) is 14.0. The van der Waals surface area contributed by atoms with Gasteiger partial charge in [0.15, 0.2) is 11.5 Å². The van der Waals surface area contributed by atoms with E-state index in [1.807, 2.05) is 0 Å². The van der Waals surface area contributed by atoms with Crippen LogP contribution in [0.15, 0.2) is 33.6 Å². The maximum atomic E-state index is 12.9. The van der Waals surface area contributed by atoms with Crippen LogP contribution in [0.2, 0.25) is 0 Å². The SMILES string of the molecule is Cc1cc(C(=O)O)cc(S(=O)(=O)Nc2cc3c(cc2Br)OCCO3)c1C. The number of hydrogen-bond acceptors (Lipinski definition) is 5. The van der Waals surface area contributed by atoms with Gasteiger partial charge in [0.1, 0.15) is 13.2 Å². The van der Waals surface area contributed by atoms with Gasteiger partial charge in [0.2, 0.25) is 0 Å². The van der Waals surface area contributed by atoms with Crippen molar-refractivity contribution in [2.24, 2.45) is 0 Å². The maximum Gasteiger partial charge on any atom is 0.335 e. The maximum absolute atomic E-state index is 12.9. The average Bonchev–Trinajstić information content (AvgIpc) is 2.57. The summed E-state index contributed by atoms with van der Waals surface area (Å²) in [5.74, 6) is -0.236. The van der Waals surface area contributed by atoms with Crippen LogP contribution in [0.1, 0.15) is 21.5 Å². The number of hydrogen-bond donors (Lipinski definition) is 2. The van der Waals surface area contributed by atoms with Crippen LogP contribution in [0.5, 0.6) is 11.5 Å². The van der Waals surface area contributed by atoms with Crippen LogP contribution in [0, 0.1) is 13.8 Å². The highest BCUT2D eigenvalue weighted by molar-refractivity contribution is 9.10. The third-order valence-electron chi connectivity index (χ3n) is 4.03. The highest BCUT2D eigenvalue weighted by atomic mass is 79.9. The second kappa shape index (κ2) is 6.81. The first kappa shape index (κ1) is 18.5. The molecule has 2 N–H and O–H groups in total. The van der Waals surface area contributed by atoms with Gasteiger partial charge in [0.05, 0.1) is 16.1 Å². The molecule has 26 heavy (non-hydrogen) atoms. The number of aromatic carboxylic acids is 1. The first-order valence-corrected chi connectivity index (χ1v) is 9.93. The van der Waals surface area contributed by atoms with E-state index >= 15 is 0 Å². The van der Waals surface area contributed by atoms with Gasteiger partial charge in [-0.2, -0.15) is 0 Å². The van der Waals surface area contributed by atoms with Gasteiger partial charge in [-0.1, -0.05) is 0 Å². The third kappa shape index (κ3) is 3.49. The molecule has 1 aliphatic heterocycles. The van der Waals surface area contributed by atoms with Gasteiger partial charge in [-0.25, -0.2) is 13.2 Å². The zero-order valence-corrected chi connectivity index (χ0v) is 16.4. The molecule has 0 aliphatic carbocycles. The summed E-state index contributed by atoms with van der Waals surface area (Å²) in [4.78, 5) is 11.2. The van der Waals surface area contributed by atoms with E-state index in [1.54, 1.807) is 19.9 Å². The fraction of sp³-hybridized carbons (Fsp3) is 0.235. The second-order valence-corrected chi connectivity index (χ2v) is 8.31. The lowest BCUT2D eigenvalue weighted by atomic mass is 10.1. The first-order valence-electron chi connectivity index (χ1n) is 7.65. The Balaban J connectivity index is 2.04. The fourth-order valence-corrected chi connectivity index (χ4v) is 4.54. The minimum Gasteiger partial charge on any atom is -0.486 e. The lowest BCUT2D eigenvalue weighted by Gasteiger charge is -2.20. The van der Waals surface area contributed by atoms with Gasteiger partial charge in [-0.3, -0.25) is 4.72 Å². The van der Waals surface area contributed by atoms with Crippen molar-refractivity contribution in [3.05, 3.63) is 45.4 Å². The van der Waals surface area contributed by atoms with Crippen LogP contribution in [0.3, 0.4) is 0 Å². The van der Waals surface area contributed by atoms with E-state index in [1.165, 1.54) is 12.1 Å². The van der Waals surface area contributed by atoms with Crippen LogP contribution >= 0.6 is 15.9 Å². The summed E-state index contributed by atoms with van der Waals surface area (Å²) in [6, 6.07) is 5.74. The van der Waals surface area contributed by atoms with Crippen molar-refractivity contribution < 1.29 is 27.8 Å². The minimum atomic E-state index is -4.01. The predicted octanol–water partition coefficient (Wildman–Crippen LogP) is 3.34. The van der Waals surface area contributed by atoms with Gasteiger partial charge in [-0.15, -0.1) is 0 Å². The molecule has 3 rings (SSSR count). The zero-order chi connectivity index (χ0) is 19.1. The number of anilines is 1. The monoisotopic (exact) mass is 441 g/mol. The molecule has 0 aromatic heterocycles. The number of carboxylic acid groups (broad SMARTS) is 1. The molecule has 0 unspecified atom stereocenters. The molecule has 0 amide bonds. The van der Waals surface area contributed by atoms with Gasteiger partial charge >= 0.3 is 5.97 Å². The normalized spacial score (nSPS) is 13.3. The summed E-state index contributed by atoms with van der Waals surface area (Å²) in [5.41, 5.74) is 1.24. The fourth-order valence-electron chi connectivity index (χ4n) is 2.57. The summed E-state index contributed by atoms with van der Waals surface area (Å²) in [5, 5.41) is 9.20. The molecule has 0 fully saturated rings. The molecule has 0 bridgehead atoms. The molecule has 0 saturated heterocycles. The lowest BCUT2D eigenvalue weighted by Crippen LogP contribution is -2.18. The summed E-state index contributed by atoms with van der Waals surface area (Å²) in [7, 11) is -4.01. The quantitative estimate of drug-likeness (QED) is 0.753. The Morgan fingerprint density at radius 3 is 2.35 bits per heavy atom. The molecule has 2 aromatic carbocycles. The van der Waals surface area contributed by atoms with Crippen molar-refractivity contribution in [1.82, 2.24) is 0 Å². The number of carboxylic acids is 1. The van der Waals surface area contributed by atoms with Crippen molar-refractivity contribution in [2.45, 2.75) is 18.7 Å². The van der Waals surface area contributed by atoms with Crippen molar-refractivity contribution in [3.63, 3.8) is 0 Å². The van der Waals surface area contributed by atoms with Crippen molar-refractivity contribution in [2.75, 3.05) is 17.9 Å². The van der Waals surface area contributed by atoms with E-state index in [9.17, 15) is 18.3 Å². The van der Waals surface area contributed by atoms with E-state index in [4.69, 9.17) is 9.47 Å². The highest BCUT2D eigenvalue weighted by Gasteiger charge is 2.23. The Bertz CT molecular complexity index is 1000. The van der Waals surface area contributed by atoms with Crippen molar-refractivity contribution in [3.8, 4) is 11.5 Å². The molecule has 0 atom stereocenters. The Hall–Kier alpha value is -2.26. The van der Waals surface area contributed by atoms with Gasteiger partial charge in [0.25, 0.3) is 10.0 Å². The van der Waals surface area contributed by atoms with Crippen LogP contribution in [0.25, 0.3) is 0 Å². The Morgan fingerprint density at radius 2 is 1.73 bits per heavy atom. The smallest absolute Gasteiger partial charge is 0.335 e. The van der Waals surface area contributed by atoms with E-state index < -0.39 is 16.0 Å². The number of aryl methyl sites for hydroxylation is 1. The molecule has 0 radical (unpaired) electrons. The predicted molar refractivity (Wildman–Crippen MR) is 98.8 cm³/mol. The number of halogens is 1. The average molecular weight is 442 g/mol. The van der Waals surface area contributed by atoms with E-state index in [0.717, 1.165) is 6.07 Å². The molecule has 0 saturated carbocycles. The third-order valence-corrected chi connectivity index (χ3v) is 6.18. The molecule has 9 heteroatoms. The number of ether oxygens (including phenoxy) is 2. The molecule has 7 nitrogen and oxygen atoms in total. The molecular weight excluding hydrogens is 426 g/mol. The number of fused-ring (bicyclic) bond motifs is 1. The Kier molecular flexibility index (Phi) is 4.85. The number of nitrogens with one attached hydrogen (secondary N) is 1. The first-order chi connectivity index (χ1) is 12.2. The van der Waals surface area contributed by atoms with Crippen molar-refractivity contribution >= 4 is 37.6 Å². The second-order valence-electron chi connectivity index (χ2n) is 5.80. The minimum absolute atomic E-state index is 0.0864. The number of rotatable bonds is 4. The molecule has 2 aromatic rings. The topological polar surface area (TPSA) is 102 Å². The lowest BCUT2D eigenvalue weighted by molar-refractivity contribution is 0.0696. The largest absolute Gasteiger partial charge is 0.486 e. The van der Waals surface area contributed by atoms with Gasteiger partial charge < -0.3 is 14.6 Å². The Morgan fingerprint density at radius 1 is 1.12 bits per heavy atom. The van der Waals surface area contributed by atoms with Crippen LogP contribution in [-0.4, -0.2) is 32.7 Å². The van der Waals surface area contributed by atoms with Crippen LogP contribution in [-0.2, 0) is 10.0 Å². The van der Waals surface area contributed by atoms with Crippen LogP contribution < -0.4 is 14.2 Å². The molecule has 1 heterocycles. The van der Waals surface area contributed by atoms with E-state index in [0.29, 0.717) is 40.3 Å². The molecule has 0 spiro atoms. The number of sulfonamides is 1. The van der Waals surface area contributed by atoms with E-state index in [2.05, 4.69) is 20.7 Å². The van der Waals surface area contributed by atoms with E-state index in [-0.39, 0.29) is 16.1 Å². The molecule has 138 valence electrons. The summed E-state index contributed by atoms with van der Waals surface area (Å²) < 4.78 is 39.6. The standard InChI is InChI=1S/C17H16BrNO6S/c1-9-5-11(17(20)21)6-16(10(9)2)26(22,23)19-13-8-15-14(7-12(13)18)24-3-4-25-15/h5-8,19H,3-4H2,1-2H3,(H,20,21). The Labute approximate surface area is 159 Å². The summed E-state index contributed by atoms with van der Waals surface area (Å²) in [6.45, 7) is 4.10. The van der Waals surface area contributed by atoms with Crippen molar-refractivity contribution in [1.29, 1.82) is 0 Å². The summed E-state index contributed by atoms with van der Waals surface area (Å²) in [6.07, 6.45) is 0.